The van der Waals surface area contributed by atoms with Crippen LogP contribution in [0.2, 0.25) is 0 Å². The van der Waals surface area contributed by atoms with Crippen LogP contribution >= 0.6 is 7.60 Å². The summed E-state index contributed by atoms with van der Waals surface area (Å²) in [5.41, 5.74) is 0.213. The first-order valence-electron chi connectivity index (χ1n) is 6.90. The summed E-state index contributed by atoms with van der Waals surface area (Å²) >= 11 is 0. The summed E-state index contributed by atoms with van der Waals surface area (Å²) in [5, 5.41) is 0. The van der Waals surface area contributed by atoms with Gasteiger partial charge in [0, 0.05) is 5.56 Å². The fraction of sp³-hybridized carbons (Fsp3) is 0.538. The molecule has 0 radical (unpaired) electrons. The number of hydrogen-bond donors (Lipinski definition) is 1. The Kier molecular flexibility index (Phi) is 6.66. The van der Waals surface area contributed by atoms with E-state index in [1.807, 2.05) is 0 Å². The van der Waals surface area contributed by atoms with Crippen molar-refractivity contribution in [1.82, 2.24) is 0 Å². The molecule has 1 aromatic rings. The van der Waals surface area contributed by atoms with Gasteiger partial charge in [-0.25, -0.2) is 4.39 Å². The van der Waals surface area contributed by atoms with Crippen LogP contribution in [0.15, 0.2) is 12.1 Å². The van der Waals surface area contributed by atoms with Crippen molar-refractivity contribution in [3.63, 3.8) is 0 Å². The Morgan fingerprint density at radius 1 is 1.04 bits per heavy atom. The van der Waals surface area contributed by atoms with Gasteiger partial charge in [0.1, 0.15) is 11.6 Å². The molecule has 0 aliphatic rings. The molecule has 144 valence electrons. The third-order valence-electron chi connectivity index (χ3n) is 3.02. The van der Waals surface area contributed by atoms with Crippen molar-refractivity contribution in [3.8, 4) is 0 Å². The zero-order chi connectivity index (χ0) is 19.6. The van der Waals surface area contributed by atoms with E-state index < -0.39 is 48.2 Å². The smallest absolute Gasteiger partial charge is 0.314 e. The molecule has 0 saturated heterocycles. The third kappa shape index (κ3) is 4.93. The van der Waals surface area contributed by atoms with E-state index in [2.05, 4.69) is 0 Å². The zero-order valence-corrected chi connectivity index (χ0v) is 13.9. The first kappa shape index (κ1) is 21.9. The lowest BCUT2D eigenvalue weighted by Crippen LogP contribution is -2.23. The maximum absolute atomic E-state index is 14.1. The maximum Gasteiger partial charge on any atom is 0.416 e. The lowest BCUT2D eigenvalue weighted by atomic mass is 10.0. The highest BCUT2D eigenvalue weighted by Gasteiger charge is 2.45. The molecule has 0 aliphatic carbocycles. The fourth-order valence-electron chi connectivity index (χ4n) is 2.03. The lowest BCUT2D eigenvalue weighted by Gasteiger charge is -2.26. The Morgan fingerprint density at radius 2 is 1.52 bits per heavy atom. The SMILES string of the molecule is CCOP(=O)(OCC)[C@H](N)c1c(F)cc(C(F)(F)F)cc1C(F)(F)F. The minimum absolute atomic E-state index is 0.146. The van der Waals surface area contributed by atoms with Gasteiger partial charge in [0.05, 0.1) is 24.3 Å². The monoisotopic (exact) mass is 397 g/mol. The van der Waals surface area contributed by atoms with Crippen molar-refractivity contribution >= 4 is 7.60 Å². The molecule has 0 unspecified atom stereocenters. The van der Waals surface area contributed by atoms with Crippen LogP contribution in [0.4, 0.5) is 30.7 Å². The summed E-state index contributed by atoms with van der Waals surface area (Å²) in [4.78, 5) is 0. The molecule has 0 amide bonds. The van der Waals surface area contributed by atoms with Gasteiger partial charge in [-0.2, -0.15) is 26.3 Å². The van der Waals surface area contributed by atoms with Gasteiger partial charge in [-0.15, -0.1) is 0 Å². The van der Waals surface area contributed by atoms with Gasteiger partial charge < -0.3 is 14.8 Å². The number of hydrogen-bond acceptors (Lipinski definition) is 4. The molecule has 25 heavy (non-hydrogen) atoms. The molecule has 0 aromatic heterocycles. The van der Waals surface area contributed by atoms with Gasteiger partial charge >= 0.3 is 19.9 Å². The number of nitrogens with two attached hydrogens (primary N) is 1. The van der Waals surface area contributed by atoms with Crippen LogP contribution in [-0.2, 0) is 26.0 Å². The summed E-state index contributed by atoms with van der Waals surface area (Å²) in [6, 6.07) is -0.437. The molecule has 0 heterocycles. The Bertz CT molecular complexity index is 650. The van der Waals surface area contributed by atoms with Crippen LogP contribution in [0.1, 0.15) is 36.3 Å². The minimum atomic E-state index is -5.38. The Morgan fingerprint density at radius 3 is 1.88 bits per heavy atom. The van der Waals surface area contributed by atoms with Crippen molar-refractivity contribution in [3.05, 3.63) is 34.6 Å². The standard InChI is InChI=1S/C13H15F7NO3P/c1-3-23-25(22,24-4-2)11(21)10-8(13(18,19)20)5-7(6-9(10)14)12(15,16)17/h5-6,11H,3-4,21H2,1-2H3/t11-/m0/s1. The average Bonchev–Trinajstić information content (AvgIpc) is 2.44. The largest absolute Gasteiger partial charge is 0.416 e. The maximum atomic E-state index is 14.1. The summed E-state index contributed by atoms with van der Waals surface area (Å²) in [5.74, 6) is -4.17. The van der Waals surface area contributed by atoms with E-state index in [0.29, 0.717) is 0 Å². The fourth-order valence-corrected chi connectivity index (χ4v) is 3.73. The van der Waals surface area contributed by atoms with Gasteiger partial charge in [0.25, 0.3) is 0 Å². The van der Waals surface area contributed by atoms with Gasteiger partial charge in [0.15, 0.2) is 0 Å². The number of benzene rings is 1. The highest BCUT2D eigenvalue weighted by atomic mass is 31.2. The van der Waals surface area contributed by atoms with Crippen LogP contribution in [-0.4, -0.2) is 13.2 Å². The van der Waals surface area contributed by atoms with E-state index in [4.69, 9.17) is 14.8 Å². The molecule has 4 nitrogen and oxygen atoms in total. The number of alkyl halides is 6. The Hall–Kier alpha value is -1.16. The number of halogens is 7. The van der Waals surface area contributed by atoms with Crippen LogP contribution in [0.5, 0.6) is 0 Å². The van der Waals surface area contributed by atoms with E-state index in [1.54, 1.807) is 0 Å². The van der Waals surface area contributed by atoms with Crippen LogP contribution < -0.4 is 5.73 Å². The van der Waals surface area contributed by atoms with Crippen LogP contribution in [0.25, 0.3) is 0 Å². The minimum Gasteiger partial charge on any atom is -0.314 e. The third-order valence-corrected chi connectivity index (χ3v) is 5.19. The highest BCUT2D eigenvalue weighted by Crippen LogP contribution is 2.60. The molecule has 0 spiro atoms. The Labute approximate surface area is 138 Å². The normalized spacial score (nSPS) is 14.6. The Balaban J connectivity index is 3.66. The van der Waals surface area contributed by atoms with Crippen molar-refractivity contribution in [2.75, 3.05) is 13.2 Å². The van der Waals surface area contributed by atoms with Gasteiger partial charge in [-0.1, -0.05) is 0 Å². The summed E-state index contributed by atoms with van der Waals surface area (Å²) in [6.45, 7) is 2.11. The summed E-state index contributed by atoms with van der Waals surface area (Å²) in [7, 11) is -4.45. The molecular weight excluding hydrogens is 382 g/mol. The van der Waals surface area contributed by atoms with E-state index >= 15 is 0 Å². The van der Waals surface area contributed by atoms with Crippen LogP contribution in [0.3, 0.4) is 0 Å². The second-order valence-electron chi connectivity index (χ2n) is 4.74. The van der Waals surface area contributed by atoms with E-state index in [1.165, 1.54) is 13.8 Å². The molecule has 0 aliphatic heterocycles. The highest BCUT2D eigenvalue weighted by molar-refractivity contribution is 7.54. The molecule has 12 heteroatoms. The first-order valence-corrected chi connectivity index (χ1v) is 8.51. The van der Waals surface area contributed by atoms with Gasteiger partial charge in [-0.05, 0) is 26.0 Å². The molecule has 0 fully saturated rings. The zero-order valence-electron chi connectivity index (χ0n) is 13.0. The predicted molar refractivity (Wildman–Crippen MR) is 74.2 cm³/mol. The molecule has 0 bridgehead atoms. The first-order chi connectivity index (χ1) is 11.3. The quantitative estimate of drug-likeness (QED) is 0.537. The second-order valence-corrected chi connectivity index (χ2v) is 6.89. The molecule has 2 N–H and O–H groups in total. The van der Waals surface area contributed by atoms with Gasteiger partial charge in [-0.3, -0.25) is 4.57 Å². The number of rotatable bonds is 6. The molecule has 1 rings (SSSR count). The van der Waals surface area contributed by atoms with Gasteiger partial charge in [0.2, 0.25) is 0 Å². The predicted octanol–water partition coefficient (Wildman–Crippen LogP) is 5.09. The lowest BCUT2D eigenvalue weighted by molar-refractivity contribution is -0.143. The average molecular weight is 397 g/mol. The van der Waals surface area contributed by atoms with Crippen molar-refractivity contribution in [2.24, 2.45) is 5.73 Å². The van der Waals surface area contributed by atoms with E-state index in [-0.39, 0.29) is 25.3 Å². The topological polar surface area (TPSA) is 61.5 Å². The van der Waals surface area contributed by atoms with E-state index in [9.17, 15) is 35.3 Å². The van der Waals surface area contributed by atoms with Crippen LogP contribution in [0, 0.1) is 5.82 Å². The van der Waals surface area contributed by atoms with Crippen molar-refractivity contribution in [2.45, 2.75) is 32.0 Å². The second kappa shape index (κ2) is 7.61. The molecule has 1 aromatic carbocycles. The van der Waals surface area contributed by atoms with Crippen molar-refractivity contribution in [1.29, 1.82) is 0 Å². The molecular formula is C13H15F7NO3P. The summed E-state index contributed by atoms with van der Waals surface area (Å²) < 4.78 is 114. The molecule has 0 saturated carbocycles. The van der Waals surface area contributed by atoms with Crippen molar-refractivity contribution < 1.29 is 44.3 Å². The summed E-state index contributed by atoms with van der Waals surface area (Å²) in [6.07, 6.45) is -10.6. The molecule has 1 atom stereocenters. The van der Waals surface area contributed by atoms with E-state index in [0.717, 1.165) is 0 Å².